The molecule has 22 heavy (non-hydrogen) atoms. The van der Waals surface area contributed by atoms with Gasteiger partial charge in [-0.1, -0.05) is 0 Å². The van der Waals surface area contributed by atoms with Gasteiger partial charge in [-0.2, -0.15) is 18.3 Å². The number of amides is 1. The molecule has 0 aromatic carbocycles. The second kappa shape index (κ2) is 5.91. The van der Waals surface area contributed by atoms with Crippen molar-refractivity contribution in [3.05, 3.63) is 18.0 Å². The maximum absolute atomic E-state index is 12.5. The van der Waals surface area contributed by atoms with Crippen LogP contribution in [0.3, 0.4) is 0 Å². The Labute approximate surface area is 126 Å². The van der Waals surface area contributed by atoms with Crippen molar-refractivity contribution in [3.63, 3.8) is 0 Å². The van der Waals surface area contributed by atoms with E-state index in [4.69, 9.17) is 4.74 Å². The monoisotopic (exact) mass is 317 g/mol. The minimum atomic E-state index is -4.48. The van der Waals surface area contributed by atoms with Crippen LogP contribution in [0, 0.1) is 5.92 Å². The Balaban J connectivity index is 1.62. The number of carbonyl (C=O) groups is 1. The fourth-order valence-electron chi connectivity index (χ4n) is 2.68. The van der Waals surface area contributed by atoms with E-state index in [1.807, 2.05) is 0 Å². The van der Waals surface area contributed by atoms with Gasteiger partial charge in [0.15, 0.2) is 5.69 Å². The van der Waals surface area contributed by atoms with Gasteiger partial charge in [-0.3, -0.25) is 9.48 Å². The van der Waals surface area contributed by atoms with Gasteiger partial charge in [-0.05, 0) is 25.3 Å². The maximum atomic E-state index is 12.5. The zero-order valence-electron chi connectivity index (χ0n) is 12.1. The van der Waals surface area contributed by atoms with Gasteiger partial charge in [0.2, 0.25) is 5.91 Å². The molecule has 122 valence electrons. The summed E-state index contributed by atoms with van der Waals surface area (Å²) in [7, 11) is 0. The Hall–Kier alpha value is -1.57. The average molecular weight is 317 g/mol. The highest BCUT2D eigenvalue weighted by Crippen LogP contribution is 2.30. The quantitative estimate of drug-likeness (QED) is 0.834. The SMILES string of the molecule is O=C(Cn1ccc(C(F)(F)F)n1)N(C[C@@H]1CCOC1)C1CC1. The van der Waals surface area contributed by atoms with E-state index in [0.717, 1.165) is 30.0 Å². The van der Waals surface area contributed by atoms with Gasteiger partial charge < -0.3 is 9.64 Å². The molecule has 8 heteroatoms. The van der Waals surface area contributed by atoms with E-state index >= 15 is 0 Å². The van der Waals surface area contributed by atoms with E-state index in [-0.39, 0.29) is 18.5 Å². The summed E-state index contributed by atoms with van der Waals surface area (Å²) in [5, 5.41) is 3.43. The van der Waals surface area contributed by atoms with Gasteiger partial charge in [0.25, 0.3) is 0 Å². The van der Waals surface area contributed by atoms with Crippen molar-refractivity contribution in [2.45, 2.75) is 38.0 Å². The van der Waals surface area contributed by atoms with Crippen LogP contribution in [0.15, 0.2) is 12.3 Å². The van der Waals surface area contributed by atoms with Crippen LogP contribution in [0.25, 0.3) is 0 Å². The lowest BCUT2D eigenvalue weighted by molar-refractivity contribution is -0.142. The summed E-state index contributed by atoms with van der Waals surface area (Å²) in [6, 6.07) is 1.12. The molecule has 1 aromatic rings. The van der Waals surface area contributed by atoms with Crippen molar-refractivity contribution < 1.29 is 22.7 Å². The van der Waals surface area contributed by atoms with Crippen molar-refractivity contribution in [2.24, 2.45) is 5.92 Å². The summed E-state index contributed by atoms with van der Waals surface area (Å²) >= 11 is 0. The van der Waals surface area contributed by atoms with E-state index in [1.165, 1.54) is 6.20 Å². The van der Waals surface area contributed by atoms with E-state index < -0.39 is 11.9 Å². The molecule has 5 nitrogen and oxygen atoms in total. The Morgan fingerprint density at radius 1 is 1.41 bits per heavy atom. The third-order valence-electron chi connectivity index (χ3n) is 4.02. The van der Waals surface area contributed by atoms with Crippen LogP contribution >= 0.6 is 0 Å². The standard InChI is InChI=1S/C14H18F3N3O2/c15-14(16,17)12-3-5-19(18-12)8-13(21)20(11-1-2-11)7-10-4-6-22-9-10/h3,5,10-11H,1-2,4,6-9H2/t10-/m0/s1. The molecule has 2 heterocycles. The number of aromatic nitrogens is 2. The molecule has 3 rings (SSSR count). The molecule has 1 saturated carbocycles. The zero-order valence-corrected chi connectivity index (χ0v) is 12.1. The Bertz CT molecular complexity index is 534. The predicted octanol–water partition coefficient (Wildman–Crippen LogP) is 1.93. The van der Waals surface area contributed by atoms with Crippen LogP contribution in [-0.4, -0.2) is 46.4 Å². The Kier molecular flexibility index (Phi) is 4.12. The normalized spacial score (nSPS) is 22.0. The summed E-state index contributed by atoms with van der Waals surface area (Å²) in [5.41, 5.74) is -0.970. The maximum Gasteiger partial charge on any atom is 0.435 e. The van der Waals surface area contributed by atoms with E-state index in [2.05, 4.69) is 5.10 Å². The molecule has 1 amide bonds. The first-order valence-electron chi connectivity index (χ1n) is 7.41. The van der Waals surface area contributed by atoms with Gasteiger partial charge in [-0.25, -0.2) is 0 Å². The number of ether oxygens (including phenoxy) is 1. The molecule has 1 atom stereocenters. The molecule has 0 unspecified atom stereocenters. The third-order valence-corrected chi connectivity index (χ3v) is 4.02. The van der Waals surface area contributed by atoms with Gasteiger partial charge in [0.1, 0.15) is 6.54 Å². The first-order chi connectivity index (χ1) is 10.4. The van der Waals surface area contributed by atoms with E-state index in [0.29, 0.717) is 25.7 Å². The highest BCUT2D eigenvalue weighted by molar-refractivity contribution is 5.76. The van der Waals surface area contributed by atoms with Gasteiger partial charge >= 0.3 is 6.18 Å². The molecule has 1 aromatic heterocycles. The summed E-state index contributed by atoms with van der Waals surface area (Å²) in [5.74, 6) is 0.152. The van der Waals surface area contributed by atoms with Crippen molar-refractivity contribution in [1.82, 2.24) is 14.7 Å². The molecule has 0 bridgehead atoms. The summed E-state index contributed by atoms with van der Waals surface area (Å²) in [6.07, 6.45) is -0.426. The number of rotatable bonds is 5. The molecule has 0 N–H and O–H groups in total. The first kappa shape index (κ1) is 15.3. The molecule has 0 radical (unpaired) electrons. The molecule has 1 saturated heterocycles. The van der Waals surface area contributed by atoms with Crippen LogP contribution in [0.4, 0.5) is 13.2 Å². The molecule has 1 aliphatic carbocycles. The Morgan fingerprint density at radius 3 is 2.73 bits per heavy atom. The summed E-state index contributed by atoms with van der Waals surface area (Å²) in [4.78, 5) is 14.2. The fraction of sp³-hybridized carbons (Fsp3) is 0.714. The van der Waals surface area contributed by atoms with Gasteiger partial charge in [-0.15, -0.1) is 0 Å². The predicted molar refractivity (Wildman–Crippen MR) is 70.9 cm³/mol. The number of carbonyl (C=O) groups excluding carboxylic acids is 1. The topological polar surface area (TPSA) is 47.4 Å². The molecular formula is C14H18F3N3O2. The highest BCUT2D eigenvalue weighted by atomic mass is 19.4. The third kappa shape index (κ3) is 3.60. The largest absolute Gasteiger partial charge is 0.435 e. The second-order valence-corrected chi connectivity index (χ2v) is 5.90. The van der Waals surface area contributed by atoms with Gasteiger partial charge in [0.05, 0.1) is 6.61 Å². The lowest BCUT2D eigenvalue weighted by atomic mass is 10.1. The molecule has 2 aliphatic rings. The lowest BCUT2D eigenvalue weighted by Gasteiger charge is -2.25. The van der Waals surface area contributed by atoms with Gasteiger partial charge in [0, 0.05) is 31.3 Å². The summed E-state index contributed by atoms with van der Waals surface area (Å²) in [6.45, 7) is 1.83. The van der Waals surface area contributed by atoms with Crippen LogP contribution in [-0.2, 0) is 22.3 Å². The minimum absolute atomic E-state index is 0.153. The zero-order chi connectivity index (χ0) is 15.7. The highest BCUT2D eigenvalue weighted by Gasteiger charge is 2.36. The van der Waals surface area contributed by atoms with Crippen LogP contribution in [0.2, 0.25) is 0 Å². The minimum Gasteiger partial charge on any atom is -0.381 e. The van der Waals surface area contributed by atoms with Crippen LogP contribution in [0.5, 0.6) is 0 Å². The van der Waals surface area contributed by atoms with Crippen molar-refractivity contribution >= 4 is 5.91 Å². The molecular weight excluding hydrogens is 299 g/mol. The number of nitrogens with zero attached hydrogens (tertiary/aromatic N) is 3. The van der Waals surface area contributed by atoms with Crippen molar-refractivity contribution in [3.8, 4) is 0 Å². The molecule has 2 fully saturated rings. The Morgan fingerprint density at radius 2 is 2.18 bits per heavy atom. The number of hydrogen-bond donors (Lipinski definition) is 0. The van der Waals surface area contributed by atoms with E-state index in [9.17, 15) is 18.0 Å². The number of halogens is 3. The second-order valence-electron chi connectivity index (χ2n) is 5.90. The number of alkyl halides is 3. The average Bonchev–Trinajstić information content (AvgIpc) is 2.96. The first-order valence-corrected chi connectivity index (χ1v) is 7.41. The summed E-state index contributed by atoms with van der Waals surface area (Å²) < 4.78 is 43.9. The molecule has 1 aliphatic heterocycles. The number of hydrogen-bond acceptors (Lipinski definition) is 3. The smallest absolute Gasteiger partial charge is 0.381 e. The van der Waals surface area contributed by atoms with Crippen LogP contribution < -0.4 is 0 Å². The van der Waals surface area contributed by atoms with Crippen molar-refractivity contribution in [1.29, 1.82) is 0 Å². The van der Waals surface area contributed by atoms with Crippen LogP contribution in [0.1, 0.15) is 25.0 Å². The lowest BCUT2D eigenvalue weighted by Crippen LogP contribution is -2.39. The fourth-order valence-corrected chi connectivity index (χ4v) is 2.68. The molecule has 0 spiro atoms. The van der Waals surface area contributed by atoms with E-state index in [1.54, 1.807) is 4.90 Å². The van der Waals surface area contributed by atoms with Crippen molar-refractivity contribution in [2.75, 3.05) is 19.8 Å².